The van der Waals surface area contributed by atoms with E-state index in [9.17, 15) is 12.6 Å². The number of methoxy groups -OCH3 is 1. The second-order valence-corrected chi connectivity index (χ2v) is 8.15. The number of nitrogens with two attached hydrogens (primary N) is 1. The summed E-state index contributed by atoms with van der Waals surface area (Å²) in [6, 6.07) is 9.65. The van der Waals surface area contributed by atoms with Crippen LogP contribution in [0.2, 0.25) is 0 Å². The lowest BCUT2D eigenvalue weighted by Gasteiger charge is -2.02. The van der Waals surface area contributed by atoms with Gasteiger partial charge in [-0.3, -0.25) is 0 Å². The lowest BCUT2D eigenvalue weighted by Crippen LogP contribution is -2.09. The third-order valence-electron chi connectivity index (χ3n) is 2.28. The number of rotatable bonds is 4. The molecule has 5 nitrogen and oxygen atoms in total. The minimum atomic E-state index is -3.75. The molecule has 0 spiro atoms. The monoisotopic (exact) mass is 317 g/mol. The zero-order valence-corrected chi connectivity index (χ0v) is 12.3. The summed E-state index contributed by atoms with van der Waals surface area (Å²) in [6.45, 7) is 0. The fourth-order valence-corrected chi connectivity index (χ4v) is 4.72. The van der Waals surface area contributed by atoms with Crippen molar-refractivity contribution >= 4 is 32.2 Å². The highest BCUT2D eigenvalue weighted by molar-refractivity contribution is 7.92. The van der Waals surface area contributed by atoms with Crippen LogP contribution in [0.15, 0.2) is 49.7 Å². The first kappa shape index (κ1) is 14.2. The van der Waals surface area contributed by atoms with Crippen LogP contribution in [0.5, 0.6) is 5.75 Å². The molecule has 2 N–H and O–H groups in total. The van der Waals surface area contributed by atoms with Gasteiger partial charge in [0, 0.05) is 4.90 Å². The highest BCUT2D eigenvalue weighted by Gasteiger charge is 2.16. The Kier molecular flexibility index (Phi) is 4.04. The maximum absolute atomic E-state index is 12.3. The second-order valence-electron chi connectivity index (χ2n) is 3.57. The minimum Gasteiger partial charge on any atom is -0.497 e. The predicted molar refractivity (Wildman–Crippen MR) is 73.4 cm³/mol. The topological polar surface area (TPSA) is 86.5 Å². The predicted octanol–water partition coefficient (Wildman–Crippen LogP) is 1.57. The molecule has 2 rings (SSSR count). The summed E-state index contributed by atoms with van der Waals surface area (Å²) in [7, 11) is -3.69. The summed E-state index contributed by atoms with van der Waals surface area (Å²) < 4.78 is 40.1. The van der Waals surface area contributed by atoms with Gasteiger partial charge in [-0.1, -0.05) is 6.07 Å². The van der Waals surface area contributed by atoms with Gasteiger partial charge in [0.25, 0.3) is 0 Å². The van der Waals surface area contributed by atoms with Gasteiger partial charge in [0.15, 0.2) is 0 Å². The number of primary sulfonamides is 1. The molecule has 1 aromatic heterocycles. The van der Waals surface area contributed by atoms with Crippen LogP contribution in [0.25, 0.3) is 0 Å². The van der Waals surface area contributed by atoms with Crippen LogP contribution in [0, 0.1) is 0 Å². The van der Waals surface area contributed by atoms with Crippen LogP contribution >= 0.6 is 11.3 Å². The van der Waals surface area contributed by atoms with Gasteiger partial charge in [-0.25, -0.2) is 17.8 Å². The standard InChI is InChI=1S/C11H11NO4S3/c1-16-8-3-2-4-9(7-8)18(13)10-5-6-11(17-10)19(12,14)15/h2-7H,1H3,(H2,12,14,15)/t18-/m0/s1. The van der Waals surface area contributed by atoms with E-state index in [1.54, 1.807) is 24.3 Å². The molecule has 8 heteroatoms. The van der Waals surface area contributed by atoms with Crippen molar-refractivity contribution in [3.8, 4) is 5.75 Å². The van der Waals surface area contributed by atoms with Crippen molar-refractivity contribution in [2.45, 2.75) is 13.3 Å². The molecule has 1 aromatic carbocycles. The fraction of sp³-hybridized carbons (Fsp3) is 0.0909. The van der Waals surface area contributed by atoms with E-state index in [0.29, 0.717) is 14.9 Å². The Labute approximate surface area is 117 Å². The van der Waals surface area contributed by atoms with E-state index >= 15 is 0 Å². The summed E-state index contributed by atoms with van der Waals surface area (Å²) in [5.41, 5.74) is 0. The summed E-state index contributed by atoms with van der Waals surface area (Å²) in [5.74, 6) is 0.592. The van der Waals surface area contributed by atoms with Crippen molar-refractivity contribution < 1.29 is 17.4 Å². The first-order chi connectivity index (χ1) is 8.91. The largest absolute Gasteiger partial charge is 0.497 e. The van der Waals surface area contributed by atoms with Crippen molar-refractivity contribution in [3.63, 3.8) is 0 Å². The van der Waals surface area contributed by atoms with Crippen molar-refractivity contribution in [3.05, 3.63) is 36.4 Å². The first-order valence-corrected chi connectivity index (χ1v) is 8.61. The molecule has 19 heavy (non-hydrogen) atoms. The molecule has 0 unspecified atom stereocenters. The molecule has 0 saturated carbocycles. The Bertz CT molecular complexity index is 721. The number of hydrogen-bond acceptors (Lipinski definition) is 5. The molecule has 0 bridgehead atoms. The van der Waals surface area contributed by atoms with Crippen LogP contribution in [-0.4, -0.2) is 19.7 Å². The molecule has 2 aromatic rings. The zero-order chi connectivity index (χ0) is 14.0. The van der Waals surface area contributed by atoms with Gasteiger partial charge < -0.3 is 4.74 Å². The van der Waals surface area contributed by atoms with Crippen LogP contribution in [0.3, 0.4) is 0 Å². The molecule has 0 aliphatic heterocycles. The van der Waals surface area contributed by atoms with E-state index in [-0.39, 0.29) is 4.21 Å². The zero-order valence-electron chi connectivity index (χ0n) is 9.90. The van der Waals surface area contributed by atoms with Crippen LogP contribution in [-0.2, 0) is 20.8 Å². The maximum atomic E-state index is 12.3. The Hall–Kier alpha value is -1.22. The van der Waals surface area contributed by atoms with E-state index in [2.05, 4.69) is 0 Å². The van der Waals surface area contributed by atoms with Crippen LogP contribution in [0.1, 0.15) is 0 Å². The highest BCUT2D eigenvalue weighted by atomic mass is 32.3. The minimum absolute atomic E-state index is 0.00116. The van der Waals surface area contributed by atoms with Crippen molar-refractivity contribution in [1.82, 2.24) is 0 Å². The number of thiophene rings is 1. The lowest BCUT2D eigenvalue weighted by atomic mass is 10.3. The van der Waals surface area contributed by atoms with E-state index in [1.165, 1.54) is 19.2 Å². The molecule has 1 heterocycles. The molecular formula is C11H11NO4S3. The lowest BCUT2D eigenvalue weighted by molar-refractivity contribution is 0.413. The van der Waals surface area contributed by atoms with Gasteiger partial charge in [-0.2, -0.15) is 0 Å². The van der Waals surface area contributed by atoms with Gasteiger partial charge in [0.05, 0.1) is 22.1 Å². The molecule has 1 atom stereocenters. The van der Waals surface area contributed by atoms with Gasteiger partial charge in [0.1, 0.15) is 9.96 Å². The third kappa shape index (κ3) is 3.21. The molecule has 102 valence electrons. The van der Waals surface area contributed by atoms with Crippen LogP contribution in [0.4, 0.5) is 0 Å². The summed E-state index contributed by atoms with van der Waals surface area (Å²) >= 11 is 0.902. The van der Waals surface area contributed by atoms with E-state index in [4.69, 9.17) is 9.88 Å². The first-order valence-electron chi connectivity index (χ1n) is 5.10. The van der Waals surface area contributed by atoms with Gasteiger partial charge in [0.2, 0.25) is 10.0 Å². The SMILES string of the molecule is COc1cccc([S@](=O)c2ccc(S(N)(=O)=O)s2)c1. The van der Waals surface area contributed by atoms with E-state index in [0.717, 1.165) is 11.3 Å². The molecule has 0 fully saturated rings. The quantitative estimate of drug-likeness (QED) is 0.927. The third-order valence-corrected chi connectivity index (χ3v) is 6.48. The normalized spacial score (nSPS) is 13.2. The van der Waals surface area contributed by atoms with Gasteiger partial charge >= 0.3 is 0 Å². The van der Waals surface area contributed by atoms with E-state index in [1.807, 2.05) is 0 Å². The smallest absolute Gasteiger partial charge is 0.247 e. The Balaban J connectivity index is 2.36. The molecule has 0 aliphatic carbocycles. The Morgan fingerprint density at radius 2 is 2.00 bits per heavy atom. The molecule has 0 radical (unpaired) electrons. The van der Waals surface area contributed by atoms with Crippen LogP contribution < -0.4 is 9.88 Å². The van der Waals surface area contributed by atoms with Gasteiger partial charge in [-0.05, 0) is 30.3 Å². The average molecular weight is 317 g/mol. The number of hydrogen-bond donors (Lipinski definition) is 1. The maximum Gasteiger partial charge on any atom is 0.247 e. The highest BCUT2D eigenvalue weighted by Crippen LogP contribution is 2.28. The van der Waals surface area contributed by atoms with Crippen molar-refractivity contribution in [2.75, 3.05) is 7.11 Å². The molecule has 0 amide bonds. The van der Waals surface area contributed by atoms with Crippen molar-refractivity contribution in [2.24, 2.45) is 5.14 Å². The number of sulfonamides is 1. The van der Waals surface area contributed by atoms with Gasteiger partial charge in [-0.15, -0.1) is 11.3 Å². The molecular weight excluding hydrogens is 306 g/mol. The molecule has 0 saturated heterocycles. The summed E-state index contributed by atoms with van der Waals surface area (Å²) in [5, 5.41) is 5.02. The van der Waals surface area contributed by atoms with Crippen molar-refractivity contribution in [1.29, 1.82) is 0 Å². The Morgan fingerprint density at radius 1 is 1.26 bits per heavy atom. The number of benzene rings is 1. The number of ether oxygens (including phenoxy) is 1. The second kappa shape index (κ2) is 5.41. The average Bonchev–Trinajstić information content (AvgIpc) is 2.87. The molecule has 0 aliphatic rings. The Morgan fingerprint density at radius 3 is 2.58 bits per heavy atom. The fourth-order valence-electron chi connectivity index (χ4n) is 1.39. The summed E-state index contributed by atoms with van der Waals surface area (Å²) in [6.07, 6.45) is 0. The van der Waals surface area contributed by atoms with E-state index < -0.39 is 20.8 Å². The summed E-state index contributed by atoms with van der Waals surface area (Å²) in [4.78, 5) is 0.544.